The molecule has 0 aromatic rings. The Hall–Kier alpha value is -0.610. The molecule has 1 saturated heterocycles. The van der Waals surface area contributed by atoms with E-state index in [0.29, 0.717) is 13.0 Å². The summed E-state index contributed by atoms with van der Waals surface area (Å²) in [5.41, 5.74) is 5.82. The Morgan fingerprint density at radius 1 is 1.24 bits per heavy atom. The number of carbonyl (C=O) groups excluding carboxylic acids is 1. The summed E-state index contributed by atoms with van der Waals surface area (Å²) in [7, 11) is 0. The third-order valence-electron chi connectivity index (χ3n) is 3.71. The van der Waals surface area contributed by atoms with Gasteiger partial charge < -0.3 is 10.6 Å². The van der Waals surface area contributed by atoms with Crippen molar-refractivity contribution in [3.8, 4) is 0 Å². The molecule has 0 aliphatic carbocycles. The average Bonchev–Trinajstić information content (AvgIpc) is 2.38. The lowest BCUT2D eigenvalue weighted by molar-refractivity contribution is -0.132. The van der Waals surface area contributed by atoms with E-state index in [1.54, 1.807) is 0 Å². The number of nitrogens with zero attached hydrogens (tertiary/aromatic N) is 2. The van der Waals surface area contributed by atoms with Crippen LogP contribution in [0.15, 0.2) is 0 Å². The molecule has 1 atom stereocenters. The average molecular weight is 241 g/mol. The predicted molar refractivity (Wildman–Crippen MR) is 70.8 cm³/mol. The molecule has 0 aromatic heterocycles. The summed E-state index contributed by atoms with van der Waals surface area (Å²) in [5.74, 6) is 0.246. The van der Waals surface area contributed by atoms with Crippen molar-refractivity contribution >= 4 is 5.91 Å². The van der Waals surface area contributed by atoms with Crippen molar-refractivity contribution in [2.75, 3.05) is 32.7 Å². The molecule has 2 N–H and O–H groups in total. The maximum absolute atomic E-state index is 12.1. The molecule has 4 nitrogen and oxygen atoms in total. The number of piperidine rings is 1. The van der Waals surface area contributed by atoms with Gasteiger partial charge in [-0.25, -0.2) is 0 Å². The third kappa shape index (κ3) is 4.28. The van der Waals surface area contributed by atoms with Crippen molar-refractivity contribution in [2.45, 2.75) is 45.6 Å². The van der Waals surface area contributed by atoms with Gasteiger partial charge in [0.2, 0.25) is 5.91 Å². The van der Waals surface area contributed by atoms with Gasteiger partial charge >= 0.3 is 0 Å². The monoisotopic (exact) mass is 241 g/mol. The molecular weight excluding hydrogens is 214 g/mol. The van der Waals surface area contributed by atoms with Gasteiger partial charge in [0.05, 0.1) is 0 Å². The number of likely N-dealkylation sites (tertiary alicyclic amines) is 1. The van der Waals surface area contributed by atoms with Crippen LogP contribution in [0.1, 0.15) is 39.5 Å². The molecule has 0 aromatic carbocycles. The fourth-order valence-electron chi connectivity index (χ4n) is 2.55. The van der Waals surface area contributed by atoms with Crippen LogP contribution in [-0.4, -0.2) is 54.5 Å². The molecule has 0 saturated carbocycles. The first-order valence-electron chi connectivity index (χ1n) is 6.94. The van der Waals surface area contributed by atoms with Crippen molar-refractivity contribution in [2.24, 2.45) is 5.73 Å². The van der Waals surface area contributed by atoms with E-state index in [-0.39, 0.29) is 11.9 Å². The van der Waals surface area contributed by atoms with Gasteiger partial charge in [-0.15, -0.1) is 0 Å². The highest BCUT2D eigenvalue weighted by molar-refractivity contribution is 5.76. The Balaban J connectivity index is 2.47. The number of hydrogen-bond donors (Lipinski definition) is 1. The molecule has 1 amide bonds. The van der Waals surface area contributed by atoms with Crippen molar-refractivity contribution in [3.05, 3.63) is 0 Å². The van der Waals surface area contributed by atoms with Crippen LogP contribution in [0.25, 0.3) is 0 Å². The number of carbonyl (C=O) groups is 1. The quantitative estimate of drug-likeness (QED) is 0.756. The predicted octanol–water partition coefficient (Wildman–Crippen LogP) is 1.06. The molecule has 4 heteroatoms. The zero-order valence-electron chi connectivity index (χ0n) is 11.3. The minimum atomic E-state index is 0.239. The summed E-state index contributed by atoms with van der Waals surface area (Å²) in [5, 5.41) is 0. The van der Waals surface area contributed by atoms with Gasteiger partial charge in [0, 0.05) is 32.1 Å². The van der Waals surface area contributed by atoms with E-state index >= 15 is 0 Å². The van der Waals surface area contributed by atoms with Gasteiger partial charge in [-0.2, -0.15) is 0 Å². The van der Waals surface area contributed by atoms with Crippen LogP contribution in [0, 0.1) is 0 Å². The SMILES string of the molecule is CCN(CC)C(=O)CC(CN)N1CCCCC1. The van der Waals surface area contributed by atoms with Gasteiger partial charge in [-0.3, -0.25) is 9.69 Å². The second-order valence-corrected chi connectivity index (χ2v) is 4.76. The first kappa shape index (κ1) is 14.5. The van der Waals surface area contributed by atoms with Gasteiger partial charge in [-0.05, 0) is 39.8 Å². The molecule has 0 bridgehead atoms. The molecule has 1 rings (SSSR count). The fraction of sp³-hybridized carbons (Fsp3) is 0.923. The van der Waals surface area contributed by atoms with Crippen molar-refractivity contribution in [3.63, 3.8) is 0 Å². The number of rotatable bonds is 6. The zero-order valence-corrected chi connectivity index (χ0v) is 11.3. The lowest BCUT2D eigenvalue weighted by Gasteiger charge is -2.34. The molecule has 0 radical (unpaired) electrons. The maximum Gasteiger partial charge on any atom is 0.224 e. The summed E-state index contributed by atoms with van der Waals surface area (Å²) in [4.78, 5) is 16.4. The molecule has 1 aliphatic heterocycles. The standard InChI is InChI=1S/C13H27N3O/c1-3-15(4-2)13(17)10-12(11-14)16-8-6-5-7-9-16/h12H,3-11,14H2,1-2H3. The first-order chi connectivity index (χ1) is 8.22. The second-order valence-electron chi connectivity index (χ2n) is 4.76. The highest BCUT2D eigenvalue weighted by Crippen LogP contribution is 2.14. The van der Waals surface area contributed by atoms with Crippen LogP contribution < -0.4 is 5.73 Å². The van der Waals surface area contributed by atoms with Gasteiger partial charge in [-0.1, -0.05) is 6.42 Å². The van der Waals surface area contributed by atoms with Gasteiger partial charge in [0.25, 0.3) is 0 Å². The lowest BCUT2D eigenvalue weighted by atomic mass is 10.1. The Bertz CT molecular complexity index is 223. The van der Waals surface area contributed by atoms with Crippen LogP contribution in [0.5, 0.6) is 0 Å². The summed E-state index contributed by atoms with van der Waals surface area (Å²) in [6.07, 6.45) is 4.39. The Morgan fingerprint density at radius 2 is 1.82 bits per heavy atom. The normalized spacial score (nSPS) is 19.0. The Labute approximate surface area is 105 Å². The van der Waals surface area contributed by atoms with E-state index in [1.807, 2.05) is 18.7 Å². The van der Waals surface area contributed by atoms with Crippen molar-refractivity contribution in [1.29, 1.82) is 0 Å². The van der Waals surface area contributed by atoms with Crippen molar-refractivity contribution in [1.82, 2.24) is 9.80 Å². The maximum atomic E-state index is 12.1. The molecule has 1 aliphatic rings. The largest absolute Gasteiger partial charge is 0.343 e. The Morgan fingerprint density at radius 3 is 2.29 bits per heavy atom. The van der Waals surface area contributed by atoms with E-state index in [2.05, 4.69) is 4.90 Å². The van der Waals surface area contributed by atoms with E-state index in [1.165, 1.54) is 19.3 Å². The van der Waals surface area contributed by atoms with Gasteiger partial charge in [0.15, 0.2) is 0 Å². The van der Waals surface area contributed by atoms with Crippen LogP contribution in [-0.2, 0) is 4.79 Å². The molecule has 1 heterocycles. The van der Waals surface area contributed by atoms with Crippen molar-refractivity contribution < 1.29 is 4.79 Å². The highest BCUT2D eigenvalue weighted by Gasteiger charge is 2.23. The van der Waals surface area contributed by atoms with E-state index in [4.69, 9.17) is 5.73 Å². The smallest absolute Gasteiger partial charge is 0.224 e. The number of nitrogens with two attached hydrogens (primary N) is 1. The number of amides is 1. The van der Waals surface area contributed by atoms with Crippen LogP contribution in [0.4, 0.5) is 0 Å². The Kier molecular flexibility index (Phi) is 6.52. The first-order valence-corrected chi connectivity index (χ1v) is 6.94. The molecule has 1 fully saturated rings. The van der Waals surface area contributed by atoms with Crippen LogP contribution >= 0.6 is 0 Å². The van der Waals surface area contributed by atoms with Crippen LogP contribution in [0.2, 0.25) is 0 Å². The van der Waals surface area contributed by atoms with Crippen LogP contribution in [0.3, 0.4) is 0 Å². The molecule has 0 spiro atoms. The summed E-state index contributed by atoms with van der Waals surface area (Å²) in [6.45, 7) is 8.45. The third-order valence-corrected chi connectivity index (χ3v) is 3.71. The van der Waals surface area contributed by atoms with E-state index < -0.39 is 0 Å². The minimum absolute atomic E-state index is 0.239. The molecule has 100 valence electrons. The lowest BCUT2D eigenvalue weighted by Crippen LogP contribution is -2.46. The highest BCUT2D eigenvalue weighted by atomic mass is 16.2. The molecular formula is C13H27N3O. The summed E-state index contributed by atoms with van der Waals surface area (Å²) >= 11 is 0. The number of hydrogen-bond acceptors (Lipinski definition) is 3. The fourth-order valence-corrected chi connectivity index (χ4v) is 2.55. The topological polar surface area (TPSA) is 49.6 Å². The van der Waals surface area contributed by atoms with Gasteiger partial charge in [0.1, 0.15) is 0 Å². The van der Waals surface area contributed by atoms with E-state index in [0.717, 1.165) is 26.2 Å². The molecule has 17 heavy (non-hydrogen) atoms. The molecule has 1 unspecified atom stereocenters. The zero-order chi connectivity index (χ0) is 12.7. The summed E-state index contributed by atoms with van der Waals surface area (Å²) < 4.78 is 0. The summed E-state index contributed by atoms with van der Waals surface area (Å²) in [6, 6.07) is 0.239. The van der Waals surface area contributed by atoms with E-state index in [9.17, 15) is 4.79 Å². The minimum Gasteiger partial charge on any atom is -0.343 e. The second kappa shape index (κ2) is 7.67.